The van der Waals surface area contributed by atoms with Crippen molar-refractivity contribution in [1.29, 1.82) is 0 Å². The van der Waals surface area contributed by atoms with E-state index in [9.17, 15) is 0 Å². The number of hydrogen-bond donors (Lipinski definition) is 0. The van der Waals surface area contributed by atoms with Crippen LogP contribution in [0.2, 0.25) is 0 Å². The van der Waals surface area contributed by atoms with Crippen molar-refractivity contribution in [2.75, 3.05) is 6.61 Å². The third-order valence-electron chi connectivity index (χ3n) is 3.83. The van der Waals surface area contributed by atoms with Gasteiger partial charge in [0.25, 0.3) is 11.1 Å². The molecule has 1 aromatic carbocycles. The fraction of sp³-hybridized carbons (Fsp3) is 0.167. The summed E-state index contributed by atoms with van der Waals surface area (Å²) in [5.74, 6) is 2.98. The van der Waals surface area contributed by atoms with E-state index in [-0.39, 0.29) is 0 Å². The van der Waals surface area contributed by atoms with E-state index < -0.39 is 6.10 Å². The Morgan fingerprint density at radius 1 is 1.11 bits per heavy atom. The molecule has 0 bridgehead atoms. The second kappa shape index (κ2) is 7.09. The molecule has 5 rings (SSSR count). The Morgan fingerprint density at radius 3 is 2.93 bits per heavy atom. The van der Waals surface area contributed by atoms with E-state index in [1.165, 1.54) is 11.8 Å². The molecule has 0 saturated carbocycles. The summed E-state index contributed by atoms with van der Waals surface area (Å²) >= 11 is 2.99. The summed E-state index contributed by atoms with van der Waals surface area (Å²) in [7, 11) is 0. The van der Waals surface area contributed by atoms with Crippen molar-refractivity contribution in [1.82, 2.24) is 15.2 Å². The maximum atomic E-state index is 5.88. The van der Waals surface area contributed by atoms with Gasteiger partial charge in [0.05, 0.1) is 10.6 Å². The highest BCUT2D eigenvalue weighted by Gasteiger charge is 2.27. The van der Waals surface area contributed by atoms with Crippen molar-refractivity contribution in [3.63, 3.8) is 0 Å². The highest BCUT2D eigenvalue weighted by Crippen LogP contribution is 2.36. The van der Waals surface area contributed by atoms with Crippen LogP contribution in [0.1, 0.15) is 17.7 Å². The van der Waals surface area contributed by atoms with Gasteiger partial charge in [0, 0.05) is 5.75 Å². The number of oxazole rings is 1. The van der Waals surface area contributed by atoms with Crippen LogP contribution in [0.5, 0.6) is 11.5 Å². The summed E-state index contributed by atoms with van der Waals surface area (Å²) in [6.45, 7) is 0.330. The number of para-hydroxylation sites is 2. The van der Waals surface area contributed by atoms with E-state index in [0.29, 0.717) is 35.1 Å². The van der Waals surface area contributed by atoms with E-state index >= 15 is 0 Å². The summed E-state index contributed by atoms with van der Waals surface area (Å²) in [5, 5.41) is 10.6. The number of hydrogen-bond acceptors (Lipinski definition) is 9. The first-order valence-electron chi connectivity index (χ1n) is 8.18. The molecule has 4 heterocycles. The lowest BCUT2D eigenvalue weighted by atomic mass is 10.2. The van der Waals surface area contributed by atoms with Crippen LogP contribution in [0.15, 0.2) is 62.1 Å². The fourth-order valence-electron chi connectivity index (χ4n) is 2.57. The lowest BCUT2D eigenvalue weighted by Gasteiger charge is -2.23. The highest BCUT2D eigenvalue weighted by molar-refractivity contribution is 7.98. The highest BCUT2D eigenvalue weighted by atomic mass is 32.2. The molecule has 4 aromatic rings. The number of nitrogens with zero attached hydrogens (tertiary/aromatic N) is 3. The summed E-state index contributed by atoms with van der Waals surface area (Å²) in [6, 6.07) is 11.4. The average molecular weight is 399 g/mol. The van der Waals surface area contributed by atoms with E-state index in [1.807, 2.05) is 41.8 Å². The van der Waals surface area contributed by atoms with Crippen molar-refractivity contribution in [2.45, 2.75) is 17.1 Å². The normalized spacial score (nSPS) is 15.8. The quantitative estimate of drug-likeness (QED) is 0.451. The number of aromatic nitrogens is 3. The SMILES string of the molecule is c1csc(-c2nc(CSc3nnc(C4COc5ccccc5O4)o3)co2)c1. The number of thioether (sulfide) groups is 1. The van der Waals surface area contributed by atoms with Gasteiger partial charge in [-0.05, 0) is 23.6 Å². The van der Waals surface area contributed by atoms with Crippen LogP contribution in [0, 0.1) is 0 Å². The largest absolute Gasteiger partial charge is 0.485 e. The predicted molar refractivity (Wildman–Crippen MR) is 99.0 cm³/mol. The van der Waals surface area contributed by atoms with E-state index in [1.54, 1.807) is 17.6 Å². The minimum atomic E-state index is -0.417. The van der Waals surface area contributed by atoms with E-state index in [0.717, 1.165) is 16.3 Å². The van der Waals surface area contributed by atoms with Gasteiger partial charge in [-0.1, -0.05) is 30.0 Å². The molecule has 9 heteroatoms. The minimum absolute atomic E-state index is 0.330. The van der Waals surface area contributed by atoms with Crippen molar-refractivity contribution in [2.24, 2.45) is 0 Å². The Kier molecular flexibility index (Phi) is 4.30. The van der Waals surface area contributed by atoms with Gasteiger partial charge in [0.2, 0.25) is 12.0 Å². The van der Waals surface area contributed by atoms with Crippen LogP contribution in [-0.2, 0) is 5.75 Å². The van der Waals surface area contributed by atoms with Gasteiger partial charge in [0.1, 0.15) is 12.9 Å². The van der Waals surface area contributed by atoms with Gasteiger partial charge in [-0.15, -0.1) is 21.5 Å². The van der Waals surface area contributed by atoms with Crippen LogP contribution in [0.25, 0.3) is 10.8 Å². The van der Waals surface area contributed by atoms with Gasteiger partial charge in [-0.25, -0.2) is 4.98 Å². The molecule has 1 aliphatic heterocycles. The maximum Gasteiger partial charge on any atom is 0.277 e. The Labute approximate surface area is 162 Å². The smallest absolute Gasteiger partial charge is 0.277 e. The predicted octanol–water partition coefficient (Wildman–Crippen LogP) is 4.59. The van der Waals surface area contributed by atoms with Crippen LogP contribution in [0.3, 0.4) is 0 Å². The number of thiophene rings is 1. The monoisotopic (exact) mass is 399 g/mol. The number of ether oxygens (including phenoxy) is 2. The first-order valence-corrected chi connectivity index (χ1v) is 10.0. The topological polar surface area (TPSA) is 83.4 Å². The number of benzene rings is 1. The summed E-state index contributed by atoms with van der Waals surface area (Å²) in [6.07, 6.45) is 1.23. The van der Waals surface area contributed by atoms with E-state index in [2.05, 4.69) is 15.2 Å². The van der Waals surface area contributed by atoms with Crippen LogP contribution in [0.4, 0.5) is 0 Å². The maximum absolute atomic E-state index is 5.88. The molecule has 0 radical (unpaired) electrons. The van der Waals surface area contributed by atoms with Crippen LogP contribution >= 0.6 is 23.1 Å². The van der Waals surface area contributed by atoms with Gasteiger partial charge in [-0.2, -0.15) is 0 Å². The van der Waals surface area contributed by atoms with E-state index in [4.69, 9.17) is 18.3 Å². The Morgan fingerprint density at radius 2 is 2.04 bits per heavy atom. The molecule has 1 unspecified atom stereocenters. The third-order valence-corrected chi connectivity index (χ3v) is 5.54. The van der Waals surface area contributed by atoms with Crippen molar-refractivity contribution in [3.05, 3.63) is 59.6 Å². The zero-order valence-electron chi connectivity index (χ0n) is 13.9. The van der Waals surface area contributed by atoms with Gasteiger partial charge in [-0.3, -0.25) is 0 Å². The molecular weight excluding hydrogens is 386 g/mol. The van der Waals surface area contributed by atoms with Crippen LogP contribution in [-0.4, -0.2) is 21.8 Å². The van der Waals surface area contributed by atoms with Crippen molar-refractivity contribution in [3.8, 4) is 22.3 Å². The Bertz CT molecular complexity index is 1040. The van der Waals surface area contributed by atoms with Crippen LogP contribution < -0.4 is 9.47 Å². The zero-order valence-corrected chi connectivity index (χ0v) is 15.5. The summed E-state index contributed by atoms with van der Waals surface area (Å²) in [4.78, 5) is 5.48. The Balaban J connectivity index is 1.23. The second-order valence-electron chi connectivity index (χ2n) is 5.68. The fourth-order valence-corrected chi connectivity index (χ4v) is 3.87. The molecule has 1 aliphatic rings. The molecule has 1 atom stereocenters. The zero-order chi connectivity index (χ0) is 18.1. The summed E-state index contributed by atoms with van der Waals surface area (Å²) < 4.78 is 22.8. The van der Waals surface area contributed by atoms with Gasteiger partial charge in [0.15, 0.2) is 11.5 Å². The molecule has 7 nitrogen and oxygen atoms in total. The standard InChI is InChI=1S/C18H13N3O4S2/c1-2-5-13-12(4-1)22-9-14(24-13)16-20-21-18(25-16)27-10-11-8-23-17(19-11)15-6-3-7-26-15/h1-8,14H,9-10H2. The van der Waals surface area contributed by atoms with Crippen molar-refractivity contribution < 1.29 is 18.3 Å². The average Bonchev–Trinajstić information content (AvgIpc) is 3.47. The lowest BCUT2D eigenvalue weighted by Crippen LogP contribution is -2.21. The number of fused-ring (bicyclic) bond motifs is 1. The summed E-state index contributed by atoms with van der Waals surface area (Å²) in [5.41, 5.74) is 0.814. The molecular formula is C18H13N3O4S2. The molecule has 136 valence electrons. The minimum Gasteiger partial charge on any atom is -0.485 e. The molecule has 0 saturated heterocycles. The molecule has 0 spiro atoms. The molecule has 0 N–H and O–H groups in total. The molecule has 3 aromatic heterocycles. The van der Waals surface area contributed by atoms with Gasteiger partial charge >= 0.3 is 0 Å². The third kappa shape index (κ3) is 3.43. The molecule has 0 fully saturated rings. The molecule has 27 heavy (non-hydrogen) atoms. The molecule has 0 aliphatic carbocycles. The van der Waals surface area contributed by atoms with Gasteiger partial charge < -0.3 is 18.3 Å². The lowest BCUT2D eigenvalue weighted by molar-refractivity contribution is 0.0686. The first kappa shape index (κ1) is 16.4. The first-order chi connectivity index (χ1) is 13.3. The molecule has 0 amide bonds. The Hall–Kier alpha value is -2.78. The second-order valence-corrected chi connectivity index (χ2v) is 7.55. The number of rotatable bonds is 5. The van der Waals surface area contributed by atoms with Crippen molar-refractivity contribution >= 4 is 23.1 Å².